The van der Waals surface area contributed by atoms with Crippen molar-refractivity contribution in [3.8, 4) is 10.6 Å². The van der Waals surface area contributed by atoms with Crippen LogP contribution < -0.4 is 0 Å². The number of thiophene rings is 1. The van der Waals surface area contributed by atoms with Crippen molar-refractivity contribution < 1.29 is 9.18 Å². The summed E-state index contributed by atoms with van der Waals surface area (Å²) in [5, 5.41) is 7.16. The molecular weight excluding hydrogens is 405 g/mol. The van der Waals surface area contributed by atoms with Gasteiger partial charge in [-0.2, -0.15) is 11.3 Å². The first-order valence-electron chi connectivity index (χ1n) is 8.54. The number of nitrogens with zero attached hydrogens (tertiary/aromatic N) is 3. The SMILES string of the molecule is O=C(c1csc(-c2ccsc2)n1)N1CCN(Cc2c(F)cccc2Cl)CC1. The van der Waals surface area contributed by atoms with Gasteiger partial charge in [0, 0.05) is 59.6 Å². The van der Waals surface area contributed by atoms with Crippen LogP contribution in [0, 0.1) is 5.82 Å². The van der Waals surface area contributed by atoms with Crippen molar-refractivity contribution in [2.24, 2.45) is 0 Å². The number of amides is 1. The Hall–Kier alpha value is -1.80. The van der Waals surface area contributed by atoms with E-state index in [1.165, 1.54) is 17.4 Å². The monoisotopic (exact) mass is 421 g/mol. The molecule has 0 bridgehead atoms. The van der Waals surface area contributed by atoms with Gasteiger partial charge in [0.05, 0.1) is 0 Å². The molecule has 27 heavy (non-hydrogen) atoms. The first kappa shape index (κ1) is 18.6. The second-order valence-corrected chi connectivity index (χ2v) is 8.36. The van der Waals surface area contributed by atoms with Crippen molar-refractivity contribution in [1.29, 1.82) is 0 Å². The molecule has 2 aromatic heterocycles. The highest BCUT2D eigenvalue weighted by Crippen LogP contribution is 2.26. The molecule has 3 aromatic rings. The van der Waals surface area contributed by atoms with Crippen LogP contribution in [0.2, 0.25) is 5.02 Å². The summed E-state index contributed by atoms with van der Waals surface area (Å²) in [6.45, 7) is 2.99. The van der Waals surface area contributed by atoms with E-state index in [0.717, 1.165) is 10.6 Å². The van der Waals surface area contributed by atoms with Gasteiger partial charge < -0.3 is 4.90 Å². The molecule has 1 amide bonds. The van der Waals surface area contributed by atoms with Crippen molar-refractivity contribution in [3.63, 3.8) is 0 Å². The summed E-state index contributed by atoms with van der Waals surface area (Å²) in [6, 6.07) is 6.74. The molecule has 0 N–H and O–H groups in total. The third-order valence-electron chi connectivity index (χ3n) is 4.59. The number of thiazole rings is 1. The van der Waals surface area contributed by atoms with Crippen molar-refractivity contribution in [1.82, 2.24) is 14.8 Å². The molecular formula is C19H17ClFN3OS2. The Balaban J connectivity index is 1.37. The number of aromatic nitrogens is 1. The third kappa shape index (κ3) is 4.06. The summed E-state index contributed by atoms with van der Waals surface area (Å²) in [7, 11) is 0. The lowest BCUT2D eigenvalue weighted by Gasteiger charge is -2.34. The van der Waals surface area contributed by atoms with Gasteiger partial charge in [-0.1, -0.05) is 17.7 Å². The molecule has 4 nitrogen and oxygen atoms in total. The summed E-state index contributed by atoms with van der Waals surface area (Å²) >= 11 is 9.21. The Kier molecular flexibility index (Phi) is 5.54. The maximum Gasteiger partial charge on any atom is 0.273 e. The summed E-state index contributed by atoms with van der Waals surface area (Å²) in [5.41, 5.74) is 2.06. The zero-order valence-electron chi connectivity index (χ0n) is 14.4. The number of rotatable bonds is 4. The average Bonchev–Trinajstić information content (AvgIpc) is 3.36. The Morgan fingerprint density at radius 2 is 2.00 bits per heavy atom. The van der Waals surface area contributed by atoms with Crippen LogP contribution in [0.15, 0.2) is 40.4 Å². The fourth-order valence-electron chi connectivity index (χ4n) is 3.07. The maximum absolute atomic E-state index is 14.0. The number of piperazine rings is 1. The van der Waals surface area contributed by atoms with Crippen molar-refractivity contribution in [2.75, 3.05) is 26.2 Å². The molecule has 1 aliphatic rings. The number of carbonyl (C=O) groups excluding carboxylic acids is 1. The van der Waals surface area contributed by atoms with Gasteiger partial charge in [0.25, 0.3) is 5.91 Å². The van der Waals surface area contributed by atoms with Crippen LogP contribution >= 0.6 is 34.3 Å². The van der Waals surface area contributed by atoms with Crippen LogP contribution in [0.25, 0.3) is 10.6 Å². The van der Waals surface area contributed by atoms with Crippen LogP contribution in [0.5, 0.6) is 0 Å². The largest absolute Gasteiger partial charge is 0.335 e. The normalized spacial score (nSPS) is 15.3. The van der Waals surface area contributed by atoms with E-state index in [4.69, 9.17) is 11.6 Å². The van der Waals surface area contributed by atoms with Crippen molar-refractivity contribution in [2.45, 2.75) is 6.54 Å². The van der Waals surface area contributed by atoms with Gasteiger partial charge in [0.15, 0.2) is 0 Å². The average molecular weight is 422 g/mol. The standard InChI is InChI=1S/C19H17ClFN3OS2/c20-15-2-1-3-16(21)14(15)10-23-5-7-24(8-6-23)19(25)17-12-27-18(22-17)13-4-9-26-11-13/h1-4,9,11-12H,5-8,10H2. The second-order valence-electron chi connectivity index (χ2n) is 6.32. The molecule has 1 saturated heterocycles. The van der Waals surface area contributed by atoms with Crippen LogP contribution in [0.1, 0.15) is 16.1 Å². The number of carbonyl (C=O) groups is 1. The quantitative estimate of drug-likeness (QED) is 0.616. The summed E-state index contributed by atoms with van der Waals surface area (Å²) in [5.74, 6) is -0.333. The second kappa shape index (κ2) is 8.06. The Morgan fingerprint density at radius 3 is 2.70 bits per heavy atom. The highest BCUT2D eigenvalue weighted by molar-refractivity contribution is 7.14. The Bertz CT molecular complexity index is 916. The van der Waals surface area contributed by atoms with E-state index in [2.05, 4.69) is 9.88 Å². The molecule has 0 radical (unpaired) electrons. The van der Waals surface area contributed by atoms with E-state index in [1.807, 2.05) is 27.1 Å². The lowest BCUT2D eigenvalue weighted by atomic mass is 10.1. The molecule has 8 heteroatoms. The first-order chi connectivity index (χ1) is 13.1. The lowest BCUT2D eigenvalue weighted by molar-refractivity contribution is 0.0622. The third-order valence-corrected chi connectivity index (χ3v) is 6.52. The zero-order valence-corrected chi connectivity index (χ0v) is 16.8. The van der Waals surface area contributed by atoms with Gasteiger partial charge in [-0.05, 0) is 23.6 Å². The van der Waals surface area contributed by atoms with E-state index < -0.39 is 0 Å². The Labute approximate surface area is 169 Å². The van der Waals surface area contributed by atoms with Crippen LogP contribution in [-0.2, 0) is 6.54 Å². The van der Waals surface area contributed by atoms with Crippen molar-refractivity contribution in [3.05, 3.63) is 62.5 Å². The van der Waals surface area contributed by atoms with Gasteiger partial charge in [0.2, 0.25) is 0 Å². The van der Waals surface area contributed by atoms with E-state index in [1.54, 1.807) is 23.5 Å². The number of hydrogen-bond donors (Lipinski definition) is 0. The zero-order chi connectivity index (χ0) is 18.8. The predicted octanol–water partition coefficient (Wildman–Crippen LogP) is 4.62. The molecule has 0 saturated carbocycles. The van der Waals surface area contributed by atoms with Gasteiger partial charge in [-0.25, -0.2) is 9.37 Å². The maximum atomic E-state index is 14.0. The van der Waals surface area contributed by atoms with Crippen molar-refractivity contribution >= 4 is 40.2 Å². The molecule has 0 aliphatic carbocycles. The summed E-state index contributed by atoms with van der Waals surface area (Å²) < 4.78 is 14.0. The number of halogens is 2. The fraction of sp³-hybridized carbons (Fsp3) is 0.263. The number of benzene rings is 1. The molecule has 0 unspecified atom stereocenters. The molecule has 0 spiro atoms. The topological polar surface area (TPSA) is 36.4 Å². The molecule has 1 aromatic carbocycles. The van der Waals surface area contributed by atoms with Gasteiger partial charge in [-0.15, -0.1) is 11.3 Å². The molecule has 3 heterocycles. The molecule has 1 aliphatic heterocycles. The number of hydrogen-bond acceptors (Lipinski definition) is 5. The lowest BCUT2D eigenvalue weighted by Crippen LogP contribution is -2.48. The van der Waals surface area contributed by atoms with E-state index >= 15 is 0 Å². The minimum absolute atomic E-state index is 0.0451. The minimum Gasteiger partial charge on any atom is -0.335 e. The van der Waals surface area contributed by atoms with Crippen LogP contribution in [0.3, 0.4) is 0 Å². The fourth-order valence-corrected chi connectivity index (χ4v) is 4.80. The molecule has 4 rings (SSSR count). The van der Waals surface area contributed by atoms with Crippen LogP contribution in [0.4, 0.5) is 4.39 Å². The Morgan fingerprint density at radius 1 is 1.19 bits per heavy atom. The highest BCUT2D eigenvalue weighted by Gasteiger charge is 2.25. The summed E-state index contributed by atoms with van der Waals surface area (Å²) in [4.78, 5) is 21.1. The molecule has 0 atom stereocenters. The van der Waals surface area contributed by atoms with E-state index in [-0.39, 0.29) is 11.7 Å². The smallest absolute Gasteiger partial charge is 0.273 e. The summed E-state index contributed by atoms with van der Waals surface area (Å²) in [6.07, 6.45) is 0. The molecule has 1 fully saturated rings. The van der Waals surface area contributed by atoms with Gasteiger partial charge in [0.1, 0.15) is 16.5 Å². The highest BCUT2D eigenvalue weighted by atomic mass is 35.5. The van der Waals surface area contributed by atoms with Crippen LogP contribution in [-0.4, -0.2) is 46.9 Å². The minimum atomic E-state index is -0.288. The van der Waals surface area contributed by atoms with E-state index in [9.17, 15) is 9.18 Å². The molecule has 140 valence electrons. The van der Waals surface area contributed by atoms with E-state index in [0.29, 0.717) is 49.0 Å². The predicted molar refractivity (Wildman–Crippen MR) is 108 cm³/mol. The van der Waals surface area contributed by atoms with Gasteiger partial charge in [-0.3, -0.25) is 9.69 Å². The first-order valence-corrected chi connectivity index (χ1v) is 10.7. The van der Waals surface area contributed by atoms with Gasteiger partial charge >= 0.3 is 0 Å².